The highest BCUT2D eigenvalue weighted by Gasteiger charge is 2.18. The molecule has 25 heavy (non-hydrogen) atoms. The molecule has 1 aromatic rings. The fourth-order valence-corrected chi connectivity index (χ4v) is 2.69. The van der Waals surface area contributed by atoms with E-state index in [2.05, 4.69) is 6.92 Å². The minimum atomic E-state index is -0.969. The Kier molecular flexibility index (Phi) is 12.7. The van der Waals surface area contributed by atoms with Gasteiger partial charge in [0.2, 0.25) is 0 Å². The van der Waals surface area contributed by atoms with E-state index in [1.54, 1.807) is 12.1 Å². The van der Waals surface area contributed by atoms with Gasteiger partial charge in [-0.2, -0.15) is 0 Å². The maximum Gasteiger partial charge on any atom is 0.336 e. The van der Waals surface area contributed by atoms with Crippen LogP contribution in [-0.4, -0.2) is 30.4 Å². The molecular weight excluding hydrogens is 316 g/mol. The first-order valence-electron chi connectivity index (χ1n) is 9.76. The first kappa shape index (κ1) is 21.5. The number of unbranched alkanes of at least 4 members (excludes halogenated alkanes) is 9. The lowest BCUT2D eigenvalue weighted by molar-refractivity contribution is -0.152. The number of ether oxygens (including phenoxy) is 2. The smallest absolute Gasteiger partial charge is 0.336 e. The van der Waals surface area contributed by atoms with Gasteiger partial charge in [-0.25, -0.2) is 4.79 Å². The van der Waals surface area contributed by atoms with Gasteiger partial charge >= 0.3 is 5.97 Å². The molecule has 1 N–H and O–H groups in total. The van der Waals surface area contributed by atoms with Gasteiger partial charge in [-0.1, -0.05) is 82.9 Å². The molecule has 4 heteroatoms. The van der Waals surface area contributed by atoms with Gasteiger partial charge in [0.1, 0.15) is 12.4 Å². The molecule has 1 atom stereocenters. The number of aliphatic carboxylic acids is 1. The van der Waals surface area contributed by atoms with Crippen LogP contribution in [0.2, 0.25) is 0 Å². The maximum absolute atomic E-state index is 11.2. The Balaban J connectivity index is 2.01. The average Bonchev–Trinajstić information content (AvgIpc) is 2.62. The van der Waals surface area contributed by atoms with Crippen LogP contribution in [0.5, 0.6) is 5.75 Å². The summed E-state index contributed by atoms with van der Waals surface area (Å²) in [5, 5.41) is 9.21. The predicted octanol–water partition coefficient (Wildman–Crippen LogP) is 5.46. The third-order valence-corrected chi connectivity index (χ3v) is 4.24. The summed E-state index contributed by atoms with van der Waals surface area (Å²) < 4.78 is 10.9. The van der Waals surface area contributed by atoms with Crippen LogP contribution in [0, 0.1) is 0 Å². The fraction of sp³-hybridized carbons (Fsp3) is 0.667. The van der Waals surface area contributed by atoms with E-state index in [1.165, 1.54) is 51.4 Å². The summed E-state index contributed by atoms with van der Waals surface area (Å²) >= 11 is 0. The van der Waals surface area contributed by atoms with Crippen molar-refractivity contribution in [2.75, 3.05) is 13.2 Å². The van der Waals surface area contributed by atoms with Gasteiger partial charge < -0.3 is 14.6 Å². The third-order valence-electron chi connectivity index (χ3n) is 4.24. The Bertz CT molecular complexity index is 433. The molecule has 1 rings (SSSR count). The summed E-state index contributed by atoms with van der Waals surface area (Å²) in [6.07, 6.45) is 11.6. The van der Waals surface area contributed by atoms with E-state index < -0.39 is 12.1 Å². The summed E-state index contributed by atoms with van der Waals surface area (Å²) in [6.45, 7) is 2.76. The van der Waals surface area contributed by atoms with Gasteiger partial charge in [0.15, 0.2) is 6.10 Å². The van der Waals surface area contributed by atoms with Crippen molar-refractivity contribution in [1.29, 1.82) is 0 Å². The Morgan fingerprint density at radius 2 is 1.48 bits per heavy atom. The second-order valence-electron chi connectivity index (χ2n) is 6.50. The first-order valence-corrected chi connectivity index (χ1v) is 9.76. The molecular formula is C21H34O4. The Morgan fingerprint density at radius 3 is 2.04 bits per heavy atom. The van der Waals surface area contributed by atoms with Crippen LogP contribution < -0.4 is 4.74 Å². The van der Waals surface area contributed by atoms with E-state index in [1.807, 2.05) is 18.2 Å². The molecule has 0 aliphatic heterocycles. The van der Waals surface area contributed by atoms with Crippen LogP contribution in [-0.2, 0) is 9.53 Å². The average molecular weight is 350 g/mol. The van der Waals surface area contributed by atoms with Crippen molar-refractivity contribution in [1.82, 2.24) is 0 Å². The summed E-state index contributed by atoms with van der Waals surface area (Å²) in [6, 6.07) is 9.22. The zero-order valence-corrected chi connectivity index (χ0v) is 15.6. The van der Waals surface area contributed by atoms with Gasteiger partial charge in [-0.3, -0.25) is 0 Å². The molecule has 0 aliphatic carbocycles. The Hall–Kier alpha value is -1.55. The zero-order valence-electron chi connectivity index (χ0n) is 15.6. The van der Waals surface area contributed by atoms with E-state index in [-0.39, 0.29) is 6.61 Å². The van der Waals surface area contributed by atoms with Gasteiger partial charge in [0.05, 0.1) is 0 Å². The summed E-state index contributed by atoms with van der Waals surface area (Å²) in [5.41, 5.74) is 0. The molecule has 0 fully saturated rings. The van der Waals surface area contributed by atoms with E-state index >= 15 is 0 Å². The first-order chi connectivity index (χ1) is 12.2. The van der Waals surface area contributed by atoms with Crippen LogP contribution in [0.25, 0.3) is 0 Å². The number of benzene rings is 1. The Morgan fingerprint density at radius 1 is 0.920 bits per heavy atom. The SMILES string of the molecule is CCCCCCCCCCCCOC(COc1ccccc1)C(=O)O. The van der Waals surface area contributed by atoms with Crippen LogP contribution in [0.4, 0.5) is 0 Å². The number of hydrogen-bond acceptors (Lipinski definition) is 3. The molecule has 0 amide bonds. The van der Waals surface area contributed by atoms with E-state index in [4.69, 9.17) is 9.47 Å². The van der Waals surface area contributed by atoms with E-state index in [0.717, 1.165) is 12.8 Å². The number of carbonyl (C=O) groups is 1. The molecule has 4 nitrogen and oxygen atoms in total. The molecule has 0 aromatic heterocycles. The molecule has 0 saturated heterocycles. The fourth-order valence-electron chi connectivity index (χ4n) is 2.69. The molecule has 0 aliphatic rings. The number of carboxylic acid groups (broad SMARTS) is 1. The largest absolute Gasteiger partial charge is 0.490 e. The second kappa shape index (κ2) is 14.8. The molecule has 0 heterocycles. The highest BCUT2D eigenvalue weighted by Crippen LogP contribution is 2.12. The van der Waals surface area contributed by atoms with Gasteiger partial charge in [-0.15, -0.1) is 0 Å². The van der Waals surface area contributed by atoms with Gasteiger partial charge in [-0.05, 0) is 18.6 Å². The third kappa shape index (κ3) is 11.6. The van der Waals surface area contributed by atoms with E-state index in [9.17, 15) is 9.90 Å². The van der Waals surface area contributed by atoms with Crippen LogP contribution in [0.15, 0.2) is 30.3 Å². The zero-order chi connectivity index (χ0) is 18.2. The molecule has 0 radical (unpaired) electrons. The van der Waals surface area contributed by atoms with Crippen molar-refractivity contribution in [3.8, 4) is 5.75 Å². The lowest BCUT2D eigenvalue weighted by atomic mass is 10.1. The molecule has 0 saturated carbocycles. The maximum atomic E-state index is 11.2. The quantitative estimate of drug-likeness (QED) is 0.402. The monoisotopic (exact) mass is 350 g/mol. The molecule has 1 aromatic carbocycles. The molecule has 142 valence electrons. The van der Waals surface area contributed by atoms with E-state index in [0.29, 0.717) is 12.4 Å². The minimum absolute atomic E-state index is 0.0388. The molecule has 0 spiro atoms. The van der Waals surface area contributed by atoms with Crippen molar-refractivity contribution in [2.24, 2.45) is 0 Å². The highest BCUT2D eigenvalue weighted by atomic mass is 16.5. The topological polar surface area (TPSA) is 55.8 Å². The van der Waals surface area contributed by atoms with Crippen LogP contribution >= 0.6 is 0 Å². The van der Waals surface area contributed by atoms with Crippen molar-refractivity contribution < 1.29 is 19.4 Å². The lowest BCUT2D eigenvalue weighted by Crippen LogP contribution is -2.31. The van der Waals surface area contributed by atoms with Crippen molar-refractivity contribution in [2.45, 2.75) is 77.2 Å². The number of hydrogen-bond donors (Lipinski definition) is 1. The van der Waals surface area contributed by atoms with Crippen molar-refractivity contribution in [3.63, 3.8) is 0 Å². The standard InChI is InChI=1S/C21H34O4/c1-2-3-4-5-6-7-8-9-10-14-17-24-20(21(22)23)18-25-19-15-12-11-13-16-19/h11-13,15-16,20H,2-10,14,17-18H2,1H3,(H,22,23). The minimum Gasteiger partial charge on any atom is -0.490 e. The number of para-hydroxylation sites is 1. The predicted molar refractivity (Wildman–Crippen MR) is 101 cm³/mol. The van der Waals surface area contributed by atoms with Crippen LogP contribution in [0.3, 0.4) is 0 Å². The Labute approximate surface area is 152 Å². The number of carboxylic acids is 1. The van der Waals surface area contributed by atoms with Gasteiger partial charge in [0.25, 0.3) is 0 Å². The summed E-state index contributed by atoms with van der Waals surface area (Å²) in [7, 11) is 0. The number of rotatable bonds is 16. The molecule has 0 bridgehead atoms. The second-order valence-corrected chi connectivity index (χ2v) is 6.50. The summed E-state index contributed by atoms with van der Waals surface area (Å²) in [5.74, 6) is -0.306. The lowest BCUT2D eigenvalue weighted by Gasteiger charge is -2.14. The highest BCUT2D eigenvalue weighted by molar-refractivity contribution is 5.72. The van der Waals surface area contributed by atoms with Crippen molar-refractivity contribution in [3.05, 3.63) is 30.3 Å². The van der Waals surface area contributed by atoms with Crippen LogP contribution in [0.1, 0.15) is 71.1 Å². The summed E-state index contributed by atoms with van der Waals surface area (Å²) in [4.78, 5) is 11.2. The normalized spacial score (nSPS) is 12.0. The van der Waals surface area contributed by atoms with Gasteiger partial charge in [0, 0.05) is 6.61 Å². The van der Waals surface area contributed by atoms with Crippen molar-refractivity contribution >= 4 is 5.97 Å². The molecule has 1 unspecified atom stereocenters.